The van der Waals surface area contributed by atoms with Crippen LogP contribution in [0.4, 0.5) is 5.95 Å². The largest absolute Gasteiger partial charge is 0.289 e. The number of nitrogens with one attached hydrogen (secondary N) is 1. The number of hydrogen-bond acceptors (Lipinski definition) is 4. The summed E-state index contributed by atoms with van der Waals surface area (Å²) >= 11 is 1.51. The number of benzene rings is 3. The van der Waals surface area contributed by atoms with E-state index in [1.807, 2.05) is 47.8 Å². The van der Waals surface area contributed by atoms with Gasteiger partial charge in [-0.05, 0) is 36.2 Å². The number of fused-ring (bicyclic) bond motifs is 2. The normalized spacial score (nSPS) is 11.2. The van der Waals surface area contributed by atoms with E-state index in [-0.39, 0.29) is 5.91 Å². The third-order valence-electron chi connectivity index (χ3n) is 5.00. The molecule has 0 atom stereocenters. The van der Waals surface area contributed by atoms with Crippen LogP contribution in [0, 0.1) is 13.8 Å². The Balaban J connectivity index is 1.50. The summed E-state index contributed by atoms with van der Waals surface area (Å²) in [5.41, 5.74) is 5.09. The summed E-state index contributed by atoms with van der Waals surface area (Å²) in [5, 5.41) is 11.4. The summed E-state index contributed by atoms with van der Waals surface area (Å²) in [6.45, 7) is 4.17. The van der Waals surface area contributed by atoms with Gasteiger partial charge >= 0.3 is 0 Å². The zero-order chi connectivity index (χ0) is 20.0. The van der Waals surface area contributed by atoms with E-state index in [1.54, 1.807) is 4.52 Å². The molecule has 5 aromatic rings. The van der Waals surface area contributed by atoms with E-state index in [0.717, 1.165) is 27.0 Å². The molecule has 6 heteroatoms. The van der Waals surface area contributed by atoms with Crippen LogP contribution in [-0.2, 0) is 0 Å². The lowest BCUT2D eigenvalue weighted by atomic mass is 10.0. The molecule has 0 saturated heterocycles. The first kappa shape index (κ1) is 17.6. The number of amides is 1. The smallest absolute Gasteiger partial charge is 0.258 e. The van der Waals surface area contributed by atoms with Crippen LogP contribution in [0.3, 0.4) is 0 Å². The maximum atomic E-state index is 12.9. The molecule has 2 heterocycles. The van der Waals surface area contributed by atoms with Crippen LogP contribution in [0.5, 0.6) is 0 Å². The van der Waals surface area contributed by atoms with Gasteiger partial charge in [-0.1, -0.05) is 60.2 Å². The van der Waals surface area contributed by atoms with Gasteiger partial charge in [-0.2, -0.15) is 4.98 Å². The Labute approximate surface area is 171 Å². The van der Waals surface area contributed by atoms with Gasteiger partial charge in [0.15, 0.2) is 0 Å². The van der Waals surface area contributed by atoms with Gasteiger partial charge in [0, 0.05) is 16.5 Å². The van der Waals surface area contributed by atoms with E-state index in [4.69, 9.17) is 0 Å². The molecule has 0 aliphatic heterocycles. The van der Waals surface area contributed by atoms with Crippen LogP contribution in [0.2, 0.25) is 0 Å². The van der Waals surface area contributed by atoms with E-state index >= 15 is 0 Å². The summed E-state index contributed by atoms with van der Waals surface area (Å²) in [4.78, 5) is 18.1. The predicted molar refractivity (Wildman–Crippen MR) is 118 cm³/mol. The Hall–Kier alpha value is -3.51. The second-order valence-electron chi connectivity index (χ2n) is 7.05. The molecule has 0 radical (unpaired) electrons. The van der Waals surface area contributed by atoms with Gasteiger partial charge in [0.25, 0.3) is 11.9 Å². The van der Waals surface area contributed by atoms with Crippen LogP contribution in [0.1, 0.15) is 21.5 Å². The highest BCUT2D eigenvalue weighted by atomic mass is 32.1. The molecule has 1 N–H and O–H groups in total. The lowest BCUT2D eigenvalue weighted by Crippen LogP contribution is -2.13. The van der Waals surface area contributed by atoms with Crippen LogP contribution in [0.15, 0.2) is 66.0 Å². The van der Waals surface area contributed by atoms with E-state index < -0.39 is 0 Å². The Kier molecular flexibility index (Phi) is 4.14. The number of carbonyl (C=O) groups is 1. The zero-order valence-corrected chi connectivity index (χ0v) is 16.8. The third-order valence-corrected chi connectivity index (χ3v) is 5.82. The lowest BCUT2D eigenvalue weighted by Gasteiger charge is -2.06. The molecule has 0 aliphatic rings. The van der Waals surface area contributed by atoms with E-state index in [9.17, 15) is 4.79 Å². The van der Waals surface area contributed by atoms with Crippen molar-refractivity contribution in [2.24, 2.45) is 0 Å². The Morgan fingerprint density at radius 1 is 1.03 bits per heavy atom. The molecule has 0 fully saturated rings. The first-order valence-electron chi connectivity index (χ1n) is 9.31. The first-order valence-corrected chi connectivity index (χ1v) is 10.2. The maximum Gasteiger partial charge on any atom is 0.258 e. The van der Waals surface area contributed by atoms with Gasteiger partial charge < -0.3 is 0 Å². The fourth-order valence-electron chi connectivity index (χ4n) is 3.61. The highest BCUT2D eigenvalue weighted by Crippen LogP contribution is 2.29. The van der Waals surface area contributed by atoms with Crippen molar-refractivity contribution in [3.8, 4) is 11.3 Å². The van der Waals surface area contributed by atoms with E-state index in [1.165, 1.54) is 22.5 Å². The minimum absolute atomic E-state index is 0.215. The molecule has 2 aromatic heterocycles. The third kappa shape index (κ3) is 3.07. The van der Waals surface area contributed by atoms with Gasteiger partial charge in [0.2, 0.25) is 4.96 Å². The van der Waals surface area contributed by atoms with Crippen molar-refractivity contribution in [1.82, 2.24) is 14.6 Å². The standard InChI is InChI=1S/C23H18N4OS/c1-14-10-11-17(15(2)12-14)20-13-29-23-25-22(26-27(20)23)24-21(28)19-9-5-7-16-6-3-4-8-18(16)19/h3-13H,1-2H3,(H,24,26,28). The number of carbonyl (C=O) groups excluding carboxylic acids is 1. The fourth-order valence-corrected chi connectivity index (χ4v) is 4.44. The SMILES string of the molecule is Cc1ccc(-c2csc3nc(NC(=O)c4cccc5ccccc45)nn23)c(C)c1. The molecule has 5 nitrogen and oxygen atoms in total. The van der Waals surface area contributed by atoms with Crippen molar-refractivity contribution in [3.63, 3.8) is 0 Å². The molecule has 0 unspecified atom stereocenters. The van der Waals surface area contributed by atoms with Gasteiger partial charge in [0.05, 0.1) is 5.69 Å². The van der Waals surface area contributed by atoms with Crippen LogP contribution < -0.4 is 5.32 Å². The molecular formula is C23H18N4OS. The van der Waals surface area contributed by atoms with Crippen molar-refractivity contribution in [1.29, 1.82) is 0 Å². The monoisotopic (exact) mass is 398 g/mol. The Morgan fingerprint density at radius 2 is 1.86 bits per heavy atom. The number of hydrogen-bond donors (Lipinski definition) is 1. The quantitative estimate of drug-likeness (QED) is 0.438. The van der Waals surface area contributed by atoms with Crippen molar-refractivity contribution in [3.05, 3.63) is 82.7 Å². The number of thiazole rings is 1. The second-order valence-corrected chi connectivity index (χ2v) is 7.89. The van der Waals surface area contributed by atoms with Crippen molar-refractivity contribution in [2.45, 2.75) is 13.8 Å². The Bertz CT molecular complexity index is 1380. The molecule has 0 bridgehead atoms. The molecule has 29 heavy (non-hydrogen) atoms. The van der Waals surface area contributed by atoms with Crippen LogP contribution in [0.25, 0.3) is 27.0 Å². The minimum Gasteiger partial charge on any atom is -0.289 e. The number of aromatic nitrogens is 3. The fraction of sp³-hybridized carbons (Fsp3) is 0.0870. The van der Waals surface area contributed by atoms with Crippen molar-refractivity contribution >= 4 is 38.9 Å². The topological polar surface area (TPSA) is 59.3 Å². The van der Waals surface area contributed by atoms with Crippen LogP contribution >= 0.6 is 11.3 Å². The summed E-state index contributed by atoms with van der Waals surface area (Å²) in [6.07, 6.45) is 0. The zero-order valence-electron chi connectivity index (χ0n) is 16.0. The summed E-state index contributed by atoms with van der Waals surface area (Å²) in [7, 11) is 0. The summed E-state index contributed by atoms with van der Waals surface area (Å²) in [6, 6.07) is 19.9. The van der Waals surface area contributed by atoms with E-state index in [0.29, 0.717) is 11.5 Å². The minimum atomic E-state index is -0.215. The van der Waals surface area contributed by atoms with E-state index in [2.05, 4.69) is 47.4 Å². The predicted octanol–water partition coefficient (Wildman–Crippen LogP) is 5.48. The average Bonchev–Trinajstić information content (AvgIpc) is 3.28. The molecule has 5 rings (SSSR count). The van der Waals surface area contributed by atoms with Crippen molar-refractivity contribution in [2.75, 3.05) is 5.32 Å². The van der Waals surface area contributed by atoms with Gasteiger partial charge in [-0.15, -0.1) is 16.4 Å². The van der Waals surface area contributed by atoms with Gasteiger partial charge in [-0.3, -0.25) is 10.1 Å². The molecule has 0 saturated carbocycles. The number of rotatable bonds is 3. The lowest BCUT2D eigenvalue weighted by molar-refractivity contribution is 0.102. The maximum absolute atomic E-state index is 12.9. The van der Waals surface area contributed by atoms with Crippen LogP contribution in [-0.4, -0.2) is 20.5 Å². The van der Waals surface area contributed by atoms with Gasteiger partial charge in [-0.25, -0.2) is 4.52 Å². The Morgan fingerprint density at radius 3 is 2.72 bits per heavy atom. The summed E-state index contributed by atoms with van der Waals surface area (Å²) < 4.78 is 1.79. The van der Waals surface area contributed by atoms with Gasteiger partial charge in [0.1, 0.15) is 0 Å². The molecule has 0 aliphatic carbocycles. The number of anilines is 1. The first-order chi connectivity index (χ1) is 14.1. The molecule has 142 valence electrons. The summed E-state index contributed by atoms with van der Waals surface area (Å²) in [5.74, 6) is 0.0916. The van der Waals surface area contributed by atoms with Crippen molar-refractivity contribution < 1.29 is 4.79 Å². The molecular weight excluding hydrogens is 380 g/mol. The average molecular weight is 398 g/mol. The number of nitrogens with zero attached hydrogens (tertiary/aromatic N) is 3. The number of aryl methyl sites for hydroxylation is 2. The molecule has 0 spiro atoms. The highest BCUT2D eigenvalue weighted by Gasteiger charge is 2.16. The molecule has 1 amide bonds. The second kappa shape index (κ2) is 6.83. The molecule has 3 aromatic carbocycles. The highest BCUT2D eigenvalue weighted by molar-refractivity contribution is 7.15.